The Morgan fingerprint density at radius 1 is 0.286 bits per heavy atom. The van der Waals surface area contributed by atoms with E-state index in [9.17, 15) is 79.0 Å². The molecule has 0 aliphatic carbocycles. The zero-order valence-corrected chi connectivity index (χ0v) is 60.3. The van der Waals surface area contributed by atoms with Crippen LogP contribution in [0.5, 0.6) is 17.2 Å². The first kappa shape index (κ1) is 93.8. The van der Waals surface area contributed by atoms with E-state index in [1.807, 2.05) is 20.8 Å². The van der Waals surface area contributed by atoms with Gasteiger partial charge in [-0.3, -0.25) is 0 Å². The summed E-state index contributed by atoms with van der Waals surface area (Å²) in [5.74, 6) is -4.45. The van der Waals surface area contributed by atoms with E-state index in [0.717, 1.165) is 122 Å². The second-order valence-corrected chi connectivity index (χ2v) is 27.2. The molecule has 600 valence electrons. The highest BCUT2D eigenvalue weighted by atomic mass is 19.4. The number of nitrogens with zero attached hydrogens (tertiary/aromatic N) is 1. The van der Waals surface area contributed by atoms with Crippen molar-refractivity contribution in [2.24, 2.45) is 0 Å². The number of rotatable bonds is 47. The van der Waals surface area contributed by atoms with E-state index in [-0.39, 0.29) is 91.6 Å². The summed E-state index contributed by atoms with van der Waals surface area (Å²) < 4.78 is 355. The van der Waals surface area contributed by atoms with Crippen molar-refractivity contribution < 1.29 is 124 Å². The molecular formula is C76H102BF24NO3. The summed E-state index contributed by atoms with van der Waals surface area (Å²) in [5, 5.41) is 0. The molecule has 105 heavy (non-hydrogen) atoms. The highest BCUT2D eigenvalue weighted by Gasteiger charge is 2.50. The highest BCUT2D eigenvalue weighted by Crippen LogP contribution is 2.51. The average Bonchev–Trinajstić information content (AvgIpc) is 0.748. The summed E-state index contributed by atoms with van der Waals surface area (Å²) in [7, 11) is -3.28. The van der Waals surface area contributed by atoms with E-state index in [1.54, 1.807) is 6.07 Å². The zero-order chi connectivity index (χ0) is 78.8. The van der Waals surface area contributed by atoms with Crippen molar-refractivity contribution in [3.05, 3.63) is 123 Å². The molecule has 29 heteroatoms. The van der Waals surface area contributed by atoms with Crippen LogP contribution in [0.15, 0.2) is 66.7 Å². The quantitative estimate of drug-likeness (QED) is 0.0145. The standard InChI is InChI=1S/C68H99BF18NO3.C8H3F6/c1-5-9-13-17-21-22-23-24-25-26-27-28-29-30-31-32-36-40-60(88(41-37-33-18-14-10-6-2,42-38-34-19-15-11-7-3)43-39-35-20-16-12-8-4)62-59(68(85,86)87)50-56(67(82,83)84)51-61(62)91-69(89-57-46-52(63(70,71)72)44-53(47-57)64(73,74)75)90-58-48-54(65(76,77)78)45-55(49-58)66(79,80)81;9-7(10,11)5-2-1-3-6(4-5)8(12,13)14/h44-51,60H,5-43H2,1-4H3;2-4H/q+1;-1. The molecule has 0 radical (unpaired) electrons. The molecule has 0 spiro atoms. The van der Waals surface area contributed by atoms with Crippen molar-refractivity contribution >= 4 is 7.32 Å². The van der Waals surface area contributed by atoms with Crippen LogP contribution in [0.2, 0.25) is 0 Å². The van der Waals surface area contributed by atoms with Crippen molar-refractivity contribution in [2.45, 2.75) is 314 Å². The van der Waals surface area contributed by atoms with E-state index in [1.165, 1.54) is 44.9 Å². The Bertz CT molecular complexity index is 2830. The number of unbranched alkanes of at least 4 members (excludes halogenated alkanes) is 31. The van der Waals surface area contributed by atoms with Gasteiger partial charge in [0.15, 0.2) is 0 Å². The van der Waals surface area contributed by atoms with Gasteiger partial charge in [-0.15, -0.1) is 6.07 Å². The molecule has 0 saturated heterocycles. The van der Waals surface area contributed by atoms with Crippen molar-refractivity contribution in [1.82, 2.24) is 0 Å². The number of hydrogen-bond acceptors (Lipinski definition) is 3. The van der Waals surface area contributed by atoms with E-state index in [4.69, 9.17) is 14.0 Å². The summed E-state index contributed by atoms with van der Waals surface area (Å²) in [4.78, 5) is 0. The molecule has 0 saturated carbocycles. The summed E-state index contributed by atoms with van der Waals surface area (Å²) in [6.07, 6.45) is -13.1. The largest absolute Gasteiger partial charge is 0.864 e. The minimum atomic E-state index is -5.67. The van der Waals surface area contributed by atoms with Gasteiger partial charge in [-0.2, -0.15) is 124 Å². The fourth-order valence-corrected chi connectivity index (χ4v) is 12.8. The lowest BCUT2D eigenvalue weighted by Crippen LogP contribution is -2.53. The first-order chi connectivity index (χ1) is 49.0. The number of benzene rings is 4. The molecule has 0 aliphatic heterocycles. The van der Waals surface area contributed by atoms with Gasteiger partial charge in [0.1, 0.15) is 23.3 Å². The number of hydrogen-bond donors (Lipinski definition) is 0. The van der Waals surface area contributed by atoms with E-state index in [2.05, 4.69) is 6.92 Å². The van der Waals surface area contributed by atoms with Gasteiger partial charge in [-0.1, -0.05) is 219 Å². The van der Waals surface area contributed by atoms with Gasteiger partial charge in [0.05, 0.1) is 58.6 Å². The Morgan fingerprint density at radius 2 is 0.533 bits per heavy atom. The van der Waals surface area contributed by atoms with E-state index >= 15 is 26.3 Å². The molecule has 4 rings (SSSR count). The SMILES string of the molecule is CCCCCCCCCCCCCCCCCCCC(c1c(OB(Oc2cc(C(F)(F)F)cc(C(F)(F)F)c2)Oc2cc(C(F)(F)F)cc(C(F)(F)F)c2)cc(C(F)(F)F)cc1C(F)(F)F)[N+](CCCCCCCC)(CCCCCCCC)CCCCCCCC.FC(F)(F)c1c[c-]cc(C(F)(F)F)c1. The Balaban J connectivity index is 0.00000182. The van der Waals surface area contributed by atoms with Crippen molar-refractivity contribution in [3.63, 3.8) is 0 Å². The molecule has 1 unspecified atom stereocenters. The normalized spacial score (nSPS) is 13.3. The van der Waals surface area contributed by atoms with Crippen LogP contribution in [0.3, 0.4) is 0 Å². The number of alkyl halides is 24. The minimum Gasteiger partial charge on any atom is -0.490 e. The van der Waals surface area contributed by atoms with Crippen molar-refractivity contribution in [1.29, 1.82) is 0 Å². The van der Waals surface area contributed by atoms with Gasteiger partial charge < -0.3 is 18.4 Å². The van der Waals surface area contributed by atoms with Crippen LogP contribution in [0.1, 0.15) is 315 Å². The molecule has 0 aliphatic rings. The molecule has 0 bridgehead atoms. The maximum atomic E-state index is 16.3. The molecule has 0 heterocycles. The summed E-state index contributed by atoms with van der Waals surface area (Å²) in [6, 6.07) is 0.336. The smallest absolute Gasteiger partial charge is 0.490 e. The fraction of sp³-hybridized carbons (Fsp3) is 0.684. The second-order valence-electron chi connectivity index (χ2n) is 27.2. The highest BCUT2D eigenvalue weighted by molar-refractivity contribution is 6.39. The molecule has 4 nitrogen and oxygen atoms in total. The summed E-state index contributed by atoms with van der Waals surface area (Å²) in [5.41, 5.74) is -15.8. The van der Waals surface area contributed by atoms with E-state index < -0.39 is 130 Å². The maximum absolute atomic E-state index is 16.3. The molecule has 4 aromatic carbocycles. The topological polar surface area (TPSA) is 27.7 Å². The first-order valence-corrected chi connectivity index (χ1v) is 36.9. The lowest BCUT2D eigenvalue weighted by molar-refractivity contribution is -0.958. The van der Waals surface area contributed by atoms with Gasteiger partial charge in [0.25, 0.3) is 0 Å². The van der Waals surface area contributed by atoms with Gasteiger partial charge >= 0.3 is 56.7 Å². The van der Waals surface area contributed by atoms with Gasteiger partial charge in [0, 0.05) is 6.42 Å². The Kier molecular flexibility index (Phi) is 40.2. The zero-order valence-electron chi connectivity index (χ0n) is 60.3. The predicted molar refractivity (Wildman–Crippen MR) is 359 cm³/mol. The lowest BCUT2D eigenvalue weighted by Gasteiger charge is -2.47. The minimum absolute atomic E-state index is 0.0521. The van der Waals surface area contributed by atoms with Crippen LogP contribution in [-0.2, 0) is 49.4 Å². The fourth-order valence-electron chi connectivity index (χ4n) is 12.8. The average molecular weight is 1540 g/mol. The molecular weight excluding hydrogens is 1440 g/mol. The summed E-state index contributed by atoms with van der Waals surface area (Å²) in [6.45, 7) is 8.88. The number of quaternary nitrogens is 1. The third kappa shape index (κ3) is 35.7. The Morgan fingerprint density at radius 3 is 0.800 bits per heavy atom. The van der Waals surface area contributed by atoms with Crippen molar-refractivity contribution in [3.8, 4) is 17.2 Å². The van der Waals surface area contributed by atoms with Crippen LogP contribution in [-0.4, -0.2) is 31.4 Å². The summed E-state index contributed by atoms with van der Waals surface area (Å²) >= 11 is 0. The third-order valence-electron chi connectivity index (χ3n) is 18.5. The van der Waals surface area contributed by atoms with Gasteiger partial charge in [0.2, 0.25) is 0 Å². The predicted octanol–water partition coefficient (Wildman–Crippen LogP) is 29.8. The molecule has 0 fully saturated rings. The molecule has 4 aromatic rings. The Labute approximate surface area is 603 Å². The van der Waals surface area contributed by atoms with Crippen LogP contribution in [0, 0.1) is 6.07 Å². The van der Waals surface area contributed by atoms with Crippen molar-refractivity contribution in [2.75, 3.05) is 19.6 Å². The van der Waals surface area contributed by atoms with Crippen LogP contribution in [0.4, 0.5) is 105 Å². The monoisotopic (exact) mass is 1540 g/mol. The first-order valence-electron chi connectivity index (χ1n) is 36.9. The second kappa shape index (κ2) is 44.9. The van der Waals surface area contributed by atoms with Crippen LogP contribution in [0.25, 0.3) is 0 Å². The van der Waals surface area contributed by atoms with Crippen LogP contribution >= 0.6 is 0 Å². The molecule has 0 aromatic heterocycles. The molecule has 0 amide bonds. The Hall–Kier alpha value is -5.38. The van der Waals surface area contributed by atoms with Gasteiger partial charge in [-0.05, 0) is 93.5 Å². The van der Waals surface area contributed by atoms with Gasteiger partial charge in [-0.25, -0.2) is 0 Å². The third-order valence-corrected chi connectivity index (χ3v) is 18.5. The number of halogens is 24. The van der Waals surface area contributed by atoms with Crippen LogP contribution < -0.4 is 14.0 Å². The maximum Gasteiger partial charge on any atom is 0.864 e. The van der Waals surface area contributed by atoms with E-state index in [0.29, 0.717) is 63.5 Å². The molecule has 1 atom stereocenters. The lowest BCUT2D eigenvalue weighted by atomic mass is 9.87. The molecule has 0 N–H and O–H groups in total.